The molecule has 1 aliphatic carbocycles. The number of nitrogens with one attached hydrogen (secondary N) is 1. The normalized spacial score (nSPS) is 23.8. The summed E-state index contributed by atoms with van der Waals surface area (Å²) in [5.74, 6) is -1.34. The first-order valence-corrected chi connectivity index (χ1v) is 10.7. The Balaban J connectivity index is 1.68. The standard InChI is InChI=1S/C24H24N2O3S/c1-16-10-12-18(13-11-16)26-22(29)19(15-21(28)25-17-7-3-2-4-8-17)24(23(26)30)14-6-5-9-20(24)27/h2-4,7-8,10-13,19H,5-6,9,14-15H2,1H3,(H,25,28)/t19-,24+/m0/s1. The van der Waals surface area contributed by atoms with E-state index >= 15 is 0 Å². The number of amides is 2. The molecule has 2 atom stereocenters. The molecule has 154 valence electrons. The lowest BCUT2D eigenvalue weighted by Gasteiger charge is -2.35. The van der Waals surface area contributed by atoms with Gasteiger partial charge >= 0.3 is 0 Å². The summed E-state index contributed by atoms with van der Waals surface area (Å²) in [5, 5.41) is 2.84. The average molecular weight is 421 g/mol. The summed E-state index contributed by atoms with van der Waals surface area (Å²) in [6, 6.07) is 16.6. The molecular formula is C24H24N2O3S. The van der Waals surface area contributed by atoms with Crippen molar-refractivity contribution in [2.45, 2.75) is 39.0 Å². The number of anilines is 2. The Kier molecular flexibility index (Phi) is 5.52. The van der Waals surface area contributed by atoms with Crippen molar-refractivity contribution >= 4 is 46.2 Å². The highest BCUT2D eigenvalue weighted by Crippen LogP contribution is 2.50. The molecule has 2 aliphatic rings. The van der Waals surface area contributed by atoms with Crippen LogP contribution in [0.1, 0.15) is 37.7 Å². The van der Waals surface area contributed by atoms with Gasteiger partial charge in [0.05, 0.1) is 11.3 Å². The van der Waals surface area contributed by atoms with Gasteiger partial charge in [-0.15, -0.1) is 0 Å². The molecule has 0 unspecified atom stereocenters. The van der Waals surface area contributed by atoms with Crippen LogP contribution >= 0.6 is 12.2 Å². The lowest BCUT2D eigenvalue weighted by molar-refractivity contribution is -0.136. The summed E-state index contributed by atoms with van der Waals surface area (Å²) in [7, 11) is 0. The lowest BCUT2D eigenvalue weighted by Crippen LogP contribution is -2.45. The quantitative estimate of drug-likeness (QED) is 0.743. The first kappa shape index (κ1) is 20.4. The van der Waals surface area contributed by atoms with E-state index in [-0.39, 0.29) is 24.0 Å². The second-order valence-corrected chi connectivity index (χ2v) is 8.47. The van der Waals surface area contributed by atoms with Gasteiger partial charge in [-0.2, -0.15) is 0 Å². The van der Waals surface area contributed by atoms with Gasteiger partial charge in [-0.1, -0.05) is 54.5 Å². The highest BCUT2D eigenvalue weighted by Gasteiger charge is 2.61. The van der Waals surface area contributed by atoms with Gasteiger partial charge in [0.1, 0.15) is 10.8 Å². The third-order valence-corrected chi connectivity index (χ3v) is 6.71. The molecule has 30 heavy (non-hydrogen) atoms. The van der Waals surface area contributed by atoms with Crippen molar-refractivity contribution in [3.63, 3.8) is 0 Å². The maximum atomic E-state index is 13.5. The van der Waals surface area contributed by atoms with E-state index in [1.165, 1.54) is 4.90 Å². The molecule has 1 saturated carbocycles. The Morgan fingerprint density at radius 1 is 1.10 bits per heavy atom. The Labute approximate surface area is 181 Å². The molecule has 5 nitrogen and oxygen atoms in total. The van der Waals surface area contributed by atoms with E-state index in [1.807, 2.05) is 49.4 Å². The largest absolute Gasteiger partial charge is 0.326 e. The molecule has 2 aromatic carbocycles. The van der Waals surface area contributed by atoms with Crippen molar-refractivity contribution in [1.82, 2.24) is 0 Å². The van der Waals surface area contributed by atoms with Gasteiger partial charge in [0.2, 0.25) is 11.8 Å². The van der Waals surface area contributed by atoms with E-state index in [0.29, 0.717) is 29.2 Å². The van der Waals surface area contributed by atoms with Crippen LogP contribution in [0, 0.1) is 18.3 Å². The molecule has 1 saturated heterocycles. The van der Waals surface area contributed by atoms with E-state index < -0.39 is 11.3 Å². The van der Waals surface area contributed by atoms with E-state index in [9.17, 15) is 14.4 Å². The van der Waals surface area contributed by atoms with Crippen molar-refractivity contribution < 1.29 is 14.4 Å². The summed E-state index contributed by atoms with van der Waals surface area (Å²) in [4.78, 5) is 41.3. The summed E-state index contributed by atoms with van der Waals surface area (Å²) in [6.45, 7) is 1.97. The number of rotatable bonds is 4. The minimum Gasteiger partial charge on any atom is -0.326 e. The van der Waals surface area contributed by atoms with Crippen LogP contribution < -0.4 is 10.2 Å². The summed E-state index contributed by atoms with van der Waals surface area (Å²) >= 11 is 5.75. The number of Topliss-reactive ketones (excluding diaryl/α,β-unsaturated/α-hetero) is 1. The van der Waals surface area contributed by atoms with E-state index in [2.05, 4.69) is 5.32 Å². The fraction of sp³-hybridized carbons (Fsp3) is 0.333. The van der Waals surface area contributed by atoms with E-state index in [4.69, 9.17) is 12.2 Å². The molecule has 1 N–H and O–H groups in total. The predicted molar refractivity (Wildman–Crippen MR) is 120 cm³/mol. The molecule has 1 spiro atoms. The van der Waals surface area contributed by atoms with E-state index in [1.54, 1.807) is 12.1 Å². The topological polar surface area (TPSA) is 66.5 Å². The Hall–Kier alpha value is -2.86. The lowest BCUT2D eigenvalue weighted by atomic mass is 9.65. The molecule has 6 heteroatoms. The Bertz CT molecular complexity index is 1000. The molecule has 4 rings (SSSR count). The summed E-state index contributed by atoms with van der Waals surface area (Å²) in [6.07, 6.45) is 2.46. The van der Waals surface area contributed by atoms with Gasteiger partial charge < -0.3 is 5.32 Å². The molecule has 1 heterocycles. The van der Waals surface area contributed by atoms with Gasteiger partial charge in [-0.05, 0) is 44.0 Å². The average Bonchev–Trinajstić information content (AvgIpc) is 2.93. The van der Waals surface area contributed by atoms with Gasteiger partial charge in [-0.3, -0.25) is 19.3 Å². The number of hydrogen-bond donors (Lipinski definition) is 1. The zero-order chi connectivity index (χ0) is 21.3. The molecule has 0 aromatic heterocycles. The van der Waals surface area contributed by atoms with Crippen LogP contribution in [0.15, 0.2) is 54.6 Å². The van der Waals surface area contributed by atoms with Gasteiger partial charge in [0.25, 0.3) is 0 Å². The number of thiocarbonyl (C=S) groups is 1. The van der Waals surface area contributed by atoms with Crippen LogP contribution in [0.4, 0.5) is 11.4 Å². The maximum Gasteiger partial charge on any atom is 0.237 e. The van der Waals surface area contributed by atoms with Crippen molar-refractivity contribution in [2.75, 3.05) is 10.2 Å². The number of nitrogens with zero attached hydrogens (tertiary/aromatic N) is 1. The molecule has 1 aliphatic heterocycles. The van der Waals surface area contributed by atoms with Crippen LogP contribution in [0.25, 0.3) is 0 Å². The second kappa shape index (κ2) is 8.11. The van der Waals surface area contributed by atoms with Gasteiger partial charge in [-0.25, -0.2) is 0 Å². The van der Waals surface area contributed by atoms with Crippen LogP contribution in [-0.4, -0.2) is 22.6 Å². The minimum absolute atomic E-state index is 0.0146. The fourth-order valence-corrected chi connectivity index (χ4v) is 5.13. The highest BCUT2D eigenvalue weighted by molar-refractivity contribution is 7.81. The molecule has 2 aromatic rings. The first-order valence-electron chi connectivity index (χ1n) is 10.3. The van der Waals surface area contributed by atoms with Crippen molar-refractivity contribution in [1.29, 1.82) is 0 Å². The third kappa shape index (κ3) is 3.45. The second-order valence-electron chi connectivity index (χ2n) is 8.09. The number of aryl methyl sites for hydroxylation is 1. The smallest absolute Gasteiger partial charge is 0.237 e. The zero-order valence-corrected chi connectivity index (χ0v) is 17.7. The Morgan fingerprint density at radius 3 is 2.47 bits per heavy atom. The van der Waals surface area contributed by atoms with E-state index in [0.717, 1.165) is 18.4 Å². The zero-order valence-electron chi connectivity index (χ0n) is 16.9. The molecule has 0 bridgehead atoms. The summed E-state index contributed by atoms with van der Waals surface area (Å²) < 4.78 is 0. The van der Waals surface area contributed by atoms with Crippen molar-refractivity contribution in [3.8, 4) is 0 Å². The fourth-order valence-electron chi connectivity index (χ4n) is 4.58. The number of benzene rings is 2. The number of carbonyl (C=O) groups is 3. The minimum atomic E-state index is -1.07. The number of hydrogen-bond acceptors (Lipinski definition) is 4. The van der Waals surface area contributed by atoms with Gasteiger partial charge in [0, 0.05) is 24.2 Å². The van der Waals surface area contributed by atoms with Crippen molar-refractivity contribution in [2.24, 2.45) is 11.3 Å². The molecular weight excluding hydrogens is 396 g/mol. The van der Waals surface area contributed by atoms with Crippen LogP contribution in [0.5, 0.6) is 0 Å². The molecule has 0 radical (unpaired) electrons. The van der Waals surface area contributed by atoms with Crippen molar-refractivity contribution in [3.05, 3.63) is 60.2 Å². The molecule has 2 amide bonds. The Morgan fingerprint density at radius 2 is 1.80 bits per heavy atom. The van der Waals surface area contributed by atoms with Gasteiger partial charge in [0.15, 0.2) is 0 Å². The first-order chi connectivity index (χ1) is 14.4. The third-order valence-electron chi connectivity index (χ3n) is 6.16. The monoisotopic (exact) mass is 420 g/mol. The SMILES string of the molecule is Cc1ccc(N2C(=O)[C@H](CC(=O)Nc3ccccc3)[C@@]3(CCCCC3=O)C2=S)cc1. The van der Waals surface area contributed by atoms with Crippen LogP contribution in [0.2, 0.25) is 0 Å². The molecule has 2 fully saturated rings. The maximum absolute atomic E-state index is 13.5. The van der Waals surface area contributed by atoms with Crippen LogP contribution in [-0.2, 0) is 14.4 Å². The summed E-state index contributed by atoms with van der Waals surface area (Å²) in [5.41, 5.74) is 1.32. The predicted octanol–water partition coefficient (Wildman–Crippen LogP) is 4.44. The number of para-hydroxylation sites is 1. The number of ketones is 1. The highest BCUT2D eigenvalue weighted by atomic mass is 32.1. The number of carbonyl (C=O) groups excluding carboxylic acids is 3. The van der Waals surface area contributed by atoms with Crippen LogP contribution in [0.3, 0.4) is 0 Å².